The minimum atomic E-state index is -0.709. The van der Waals surface area contributed by atoms with Crippen LogP contribution in [0.25, 0.3) is 0 Å². The van der Waals surface area contributed by atoms with E-state index < -0.39 is 24.1 Å². The van der Waals surface area contributed by atoms with Crippen LogP contribution in [0.2, 0.25) is 0 Å². The van der Waals surface area contributed by atoms with E-state index >= 15 is 0 Å². The summed E-state index contributed by atoms with van der Waals surface area (Å²) in [5.74, 6) is -0.929. The normalized spacial score (nSPS) is 23.2. The maximum atomic E-state index is 11.1. The van der Waals surface area contributed by atoms with Crippen molar-refractivity contribution < 1.29 is 122 Å². The largest absolute Gasteiger partial charge is 0.490 e. The van der Waals surface area contributed by atoms with Crippen LogP contribution in [-0.2, 0) is 117 Å². The molecule has 3 unspecified atom stereocenters. The summed E-state index contributed by atoms with van der Waals surface area (Å²) < 4.78 is 9.95. The Morgan fingerprint density at radius 2 is 1.95 bits per heavy atom. The molecule has 1 rings (SSSR count). The number of ether oxygens (including phenoxy) is 2. The van der Waals surface area contributed by atoms with E-state index in [9.17, 15) is 14.7 Å². The Morgan fingerprint density at radius 3 is 2.43 bits per heavy atom. The molecule has 1 N–H and O–H groups in total. The molecular weight excluding hydrogens is 503 g/mol. The monoisotopic (exact) mass is 521 g/mol. The minimum absolute atomic E-state index is 0. The first-order valence-electron chi connectivity index (χ1n) is 5.94. The molecule has 21 heavy (non-hydrogen) atoms. The predicted molar refractivity (Wildman–Crippen MR) is 63.0 cm³/mol. The molecule has 0 saturated heterocycles. The summed E-state index contributed by atoms with van der Waals surface area (Å²) in [6.45, 7) is 5.01. The maximum absolute atomic E-state index is 11.1. The van der Waals surface area contributed by atoms with E-state index in [4.69, 9.17) is 9.47 Å². The summed E-state index contributed by atoms with van der Waals surface area (Å²) in [6, 6.07) is 0. The summed E-state index contributed by atoms with van der Waals surface area (Å²) >= 11 is 0. The van der Waals surface area contributed by atoms with E-state index in [-0.39, 0.29) is 111 Å². The van der Waals surface area contributed by atoms with Crippen molar-refractivity contribution >= 4 is 11.9 Å². The third-order valence-corrected chi connectivity index (χ3v) is 2.96. The van der Waals surface area contributed by atoms with E-state index in [1.165, 1.54) is 6.42 Å². The number of hydrogen-bond acceptors (Lipinski definition) is 5. The zero-order chi connectivity index (χ0) is 13.5. The van der Waals surface area contributed by atoms with Crippen LogP contribution in [-0.4, -0.2) is 35.9 Å². The second kappa shape index (κ2) is 15.4. The Morgan fingerprint density at radius 1 is 1.33 bits per heavy atom. The molecule has 0 aromatic rings. The van der Waals surface area contributed by atoms with Gasteiger partial charge in [0, 0.05) is 98.1 Å². The standard InChI is InChI=1S/C13H18O5.3Y/c1-3-12(15)17-8-9-5-6-11(10(14)7-9)18-13(16)4-2;;;/h4,9-11,14H,1,5-8H2,2H3;;;/q-2;;;. The Balaban J connectivity index is -0.00000108. The van der Waals surface area contributed by atoms with Gasteiger partial charge in [-0.1, -0.05) is 0 Å². The van der Waals surface area contributed by atoms with E-state index in [0.717, 1.165) is 6.42 Å². The van der Waals surface area contributed by atoms with Gasteiger partial charge in [-0.15, -0.1) is 0 Å². The van der Waals surface area contributed by atoms with Crippen LogP contribution in [0.5, 0.6) is 0 Å². The van der Waals surface area contributed by atoms with Crippen LogP contribution in [0.3, 0.4) is 0 Å². The molecule has 8 heteroatoms. The fraction of sp³-hybridized carbons (Fsp3) is 0.615. The Hall–Kier alpha value is 1.82. The van der Waals surface area contributed by atoms with Crippen LogP contribution in [0, 0.1) is 18.4 Å². The molecule has 3 atom stereocenters. The van der Waals surface area contributed by atoms with Crippen molar-refractivity contribution in [3.63, 3.8) is 0 Å². The fourth-order valence-electron chi connectivity index (χ4n) is 1.95. The topological polar surface area (TPSA) is 72.8 Å². The molecule has 0 amide bonds. The van der Waals surface area contributed by atoms with Crippen LogP contribution in [0.15, 0.2) is 6.58 Å². The SMILES string of the molecule is C=[C-]C(=O)OCC1CCC(OC(=O)[CH-]C)C(O)C1.[Y].[Y].[Y]. The molecule has 0 heterocycles. The molecule has 0 aromatic heterocycles. The first-order valence-corrected chi connectivity index (χ1v) is 5.94. The average molecular weight is 521 g/mol. The third-order valence-electron chi connectivity index (χ3n) is 2.96. The van der Waals surface area contributed by atoms with Crippen LogP contribution in [0.4, 0.5) is 0 Å². The van der Waals surface area contributed by atoms with Crippen molar-refractivity contribution in [2.45, 2.75) is 38.4 Å². The van der Waals surface area contributed by atoms with Crippen molar-refractivity contribution in [2.24, 2.45) is 5.92 Å². The molecular formula is C13H18O5Y3-2. The minimum Gasteiger partial charge on any atom is -0.490 e. The molecule has 0 bridgehead atoms. The van der Waals surface area contributed by atoms with Gasteiger partial charge in [0.1, 0.15) is 12.1 Å². The number of aliphatic hydroxyl groups is 1. The van der Waals surface area contributed by atoms with E-state index in [0.29, 0.717) is 12.8 Å². The number of esters is 2. The molecule has 1 aliphatic carbocycles. The van der Waals surface area contributed by atoms with Crippen molar-refractivity contribution in [1.82, 2.24) is 0 Å². The van der Waals surface area contributed by atoms with Gasteiger partial charge in [-0.3, -0.25) is 22.6 Å². The molecule has 1 saturated carbocycles. The fourth-order valence-corrected chi connectivity index (χ4v) is 1.95. The number of rotatable bonds is 5. The van der Waals surface area contributed by atoms with Gasteiger partial charge in [-0.2, -0.15) is 6.92 Å². The number of aliphatic hydroxyl groups excluding tert-OH is 1. The van der Waals surface area contributed by atoms with Gasteiger partial charge in [-0.25, -0.2) is 0 Å². The Labute approximate surface area is 201 Å². The second-order valence-corrected chi connectivity index (χ2v) is 4.29. The van der Waals surface area contributed by atoms with Crippen LogP contribution in [0.1, 0.15) is 26.2 Å². The molecule has 0 aliphatic heterocycles. The first kappa shape index (κ1) is 27.7. The van der Waals surface area contributed by atoms with Gasteiger partial charge in [0.25, 0.3) is 0 Å². The second-order valence-electron chi connectivity index (χ2n) is 4.29. The Kier molecular flexibility index (Phi) is 20.2. The van der Waals surface area contributed by atoms with Crippen molar-refractivity contribution in [1.29, 1.82) is 0 Å². The number of carbonyl (C=O) groups excluding carboxylic acids is 2. The molecule has 5 nitrogen and oxygen atoms in total. The van der Waals surface area contributed by atoms with Gasteiger partial charge in [0.15, 0.2) is 5.97 Å². The van der Waals surface area contributed by atoms with Gasteiger partial charge in [0.05, 0.1) is 12.7 Å². The summed E-state index contributed by atoms with van der Waals surface area (Å²) in [5, 5.41) is 9.85. The molecule has 0 spiro atoms. The van der Waals surface area contributed by atoms with Crippen LogP contribution >= 0.6 is 0 Å². The maximum Gasteiger partial charge on any atom is 0.167 e. The first-order chi connectivity index (χ1) is 8.56. The van der Waals surface area contributed by atoms with Crippen molar-refractivity contribution in [2.75, 3.05) is 6.61 Å². The quantitative estimate of drug-likeness (QED) is 0.330. The van der Waals surface area contributed by atoms with Gasteiger partial charge in [-0.05, 0) is 25.2 Å². The van der Waals surface area contributed by atoms with Gasteiger partial charge >= 0.3 is 0 Å². The van der Waals surface area contributed by atoms with Crippen molar-refractivity contribution in [3.05, 3.63) is 19.1 Å². The smallest absolute Gasteiger partial charge is 0.167 e. The van der Waals surface area contributed by atoms with Crippen LogP contribution < -0.4 is 0 Å². The van der Waals surface area contributed by atoms with Crippen molar-refractivity contribution in [3.8, 4) is 0 Å². The van der Waals surface area contributed by atoms with E-state index in [1.54, 1.807) is 6.92 Å². The summed E-state index contributed by atoms with van der Waals surface area (Å²) in [6.07, 6.45) is 4.02. The van der Waals surface area contributed by atoms with E-state index in [2.05, 4.69) is 12.7 Å². The summed E-state index contributed by atoms with van der Waals surface area (Å²) in [5.41, 5.74) is 0. The van der Waals surface area contributed by atoms with E-state index in [1.807, 2.05) is 0 Å². The molecule has 111 valence electrons. The van der Waals surface area contributed by atoms with Gasteiger partial charge < -0.3 is 20.7 Å². The summed E-state index contributed by atoms with van der Waals surface area (Å²) in [7, 11) is 0. The number of carbonyl (C=O) groups is 2. The molecule has 0 aromatic carbocycles. The zero-order valence-electron chi connectivity index (χ0n) is 12.2. The van der Waals surface area contributed by atoms with Gasteiger partial charge in [0.2, 0.25) is 0 Å². The molecule has 1 fully saturated rings. The zero-order valence-corrected chi connectivity index (χ0v) is 20.7. The predicted octanol–water partition coefficient (Wildman–Crippen LogP) is 0.808. The Bertz CT molecular complexity index is 325. The molecule has 3 radical (unpaired) electrons. The average Bonchev–Trinajstić information content (AvgIpc) is 2.38. The third kappa shape index (κ3) is 11.1. The number of hydrogen-bond donors (Lipinski definition) is 1. The molecule has 1 aliphatic rings. The summed E-state index contributed by atoms with van der Waals surface area (Å²) in [4.78, 5) is 21.9.